The number of halogens is 1. The van der Waals surface area contributed by atoms with Crippen LogP contribution in [0.5, 0.6) is 5.75 Å². The Labute approximate surface area is 226 Å². The number of likely N-dealkylation sites (N-methyl/N-ethyl adjacent to an activating group) is 1. The molecule has 0 radical (unpaired) electrons. The van der Waals surface area contributed by atoms with E-state index in [4.69, 9.17) is 16.3 Å². The predicted molar refractivity (Wildman–Crippen MR) is 152 cm³/mol. The fraction of sp³-hybridized carbons (Fsp3) is 0.387. The molecular formula is C31H38ClN3O2. The summed E-state index contributed by atoms with van der Waals surface area (Å²) in [5, 5.41) is 15.0. The van der Waals surface area contributed by atoms with E-state index in [1.165, 1.54) is 5.56 Å². The van der Waals surface area contributed by atoms with Crippen LogP contribution in [0.25, 0.3) is 5.57 Å². The Balaban J connectivity index is 1.40. The molecule has 3 aromatic rings. The second kappa shape index (κ2) is 12.7. The summed E-state index contributed by atoms with van der Waals surface area (Å²) in [6, 6.07) is 18.1. The number of benzene rings is 2. The molecule has 1 aliphatic rings. The zero-order valence-corrected chi connectivity index (χ0v) is 22.9. The number of aromatic nitrogens is 1. The van der Waals surface area contributed by atoms with Gasteiger partial charge in [-0.05, 0) is 86.8 Å². The van der Waals surface area contributed by atoms with Gasteiger partial charge >= 0.3 is 0 Å². The van der Waals surface area contributed by atoms with E-state index in [-0.39, 0.29) is 0 Å². The molecular weight excluding hydrogens is 482 g/mol. The van der Waals surface area contributed by atoms with E-state index in [1.54, 1.807) is 0 Å². The van der Waals surface area contributed by atoms with E-state index in [1.807, 2.05) is 50.4 Å². The summed E-state index contributed by atoms with van der Waals surface area (Å²) in [6.45, 7) is 11.2. The minimum atomic E-state index is -0.927. The van der Waals surface area contributed by atoms with Crippen LogP contribution in [0.15, 0.2) is 66.9 Å². The molecule has 0 fully saturated rings. The van der Waals surface area contributed by atoms with Crippen molar-refractivity contribution in [3.8, 4) is 5.75 Å². The maximum absolute atomic E-state index is 10.6. The summed E-state index contributed by atoms with van der Waals surface area (Å²) < 4.78 is 6.13. The fourth-order valence-electron chi connectivity index (χ4n) is 4.62. The average molecular weight is 520 g/mol. The molecule has 5 nitrogen and oxygen atoms in total. The molecule has 2 aromatic carbocycles. The average Bonchev–Trinajstić information content (AvgIpc) is 3.04. The first-order valence-corrected chi connectivity index (χ1v) is 13.5. The van der Waals surface area contributed by atoms with Gasteiger partial charge in [-0.15, -0.1) is 0 Å². The van der Waals surface area contributed by atoms with Crippen molar-refractivity contribution in [1.82, 2.24) is 15.2 Å². The monoisotopic (exact) mass is 519 g/mol. The van der Waals surface area contributed by atoms with Crippen molar-refractivity contribution in [2.75, 3.05) is 32.7 Å². The van der Waals surface area contributed by atoms with Gasteiger partial charge < -0.3 is 20.1 Å². The third-order valence-electron chi connectivity index (χ3n) is 6.87. The maximum Gasteiger partial charge on any atom is 0.131 e. The summed E-state index contributed by atoms with van der Waals surface area (Å²) in [5.74, 6) is 0.828. The lowest BCUT2D eigenvalue weighted by Crippen LogP contribution is -2.33. The standard InChI is InChI=1S/C31H38ClN3O2/c1-4-35(20-18-33-17-15-23-9-12-25(32)13-10-23)19-6-8-26-27-7-5-16-34-29(27)22-37-30-14-11-24(21-28(26)30)31(2,3)36/h5,7-14,16,21,33,36H,4,6,15,17-20,22H2,1-3H3. The first kappa shape index (κ1) is 27.3. The van der Waals surface area contributed by atoms with Gasteiger partial charge in [0.15, 0.2) is 0 Å². The van der Waals surface area contributed by atoms with Gasteiger partial charge in [0, 0.05) is 42.0 Å². The molecule has 196 valence electrons. The first-order valence-electron chi connectivity index (χ1n) is 13.2. The number of nitrogens with one attached hydrogen (secondary N) is 1. The molecule has 2 heterocycles. The Morgan fingerprint density at radius 1 is 1.08 bits per heavy atom. The van der Waals surface area contributed by atoms with Crippen LogP contribution >= 0.6 is 11.6 Å². The van der Waals surface area contributed by atoms with Crippen molar-refractivity contribution >= 4 is 17.2 Å². The smallest absolute Gasteiger partial charge is 0.131 e. The molecule has 0 bridgehead atoms. The quantitative estimate of drug-likeness (QED) is 0.312. The highest BCUT2D eigenvalue weighted by molar-refractivity contribution is 6.30. The largest absolute Gasteiger partial charge is 0.487 e. The molecule has 2 N–H and O–H groups in total. The second-order valence-corrected chi connectivity index (χ2v) is 10.5. The minimum Gasteiger partial charge on any atom is -0.487 e. The minimum absolute atomic E-state index is 0.436. The zero-order chi connectivity index (χ0) is 26.3. The normalized spacial score (nSPS) is 14.3. The number of fused-ring (bicyclic) bond motifs is 2. The van der Waals surface area contributed by atoms with Crippen molar-refractivity contribution < 1.29 is 9.84 Å². The van der Waals surface area contributed by atoms with Crippen LogP contribution in [0.3, 0.4) is 0 Å². The lowest BCUT2D eigenvalue weighted by Gasteiger charge is -2.21. The van der Waals surface area contributed by atoms with Crippen molar-refractivity contribution in [2.45, 2.75) is 45.8 Å². The molecule has 1 aromatic heterocycles. The molecule has 0 amide bonds. The van der Waals surface area contributed by atoms with E-state index in [0.717, 1.165) is 84.3 Å². The van der Waals surface area contributed by atoms with Crippen molar-refractivity contribution in [1.29, 1.82) is 0 Å². The van der Waals surface area contributed by atoms with Gasteiger partial charge in [0.2, 0.25) is 0 Å². The fourth-order valence-corrected chi connectivity index (χ4v) is 4.75. The molecule has 37 heavy (non-hydrogen) atoms. The number of hydrogen-bond donors (Lipinski definition) is 2. The second-order valence-electron chi connectivity index (χ2n) is 10.0. The Morgan fingerprint density at radius 2 is 1.89 bits per heavy atom. The third-order valence-corrected chi connectivity index (χ3v) is 7.12. The van der Waals surface area contributed by atoms with Gasteiger partial charge in [-0.25, -0.2) is 0 Å². The van der Waals surface area contributed by atoms with Gasteiger partial charge in [0.05, 0.1) is 11.3 Å². The summed E-state index contributed by atoms with van der Waals surface area (Å²) in [7, 11) is 0. The molecule has 1 aliphatic heterocycles. The number of aliphatic hydroxyl groups is 1. The molecule has 4 rings (SSSR count). The SMILES string of the molecule is CCN(CCC=C1c2cc(C(C)(C)O)ccc2OCc2ncccc21)CCNCCc1ccc(Cl)cc1. The van der Waals surface area contributed by atoms with Gasteiger partial charge in [-0.2, -0.15) is 0 Å². The third kappa shape index (κ3) is 7.42. The highest BCUT2D eigenvalue weighted by Crippen LogP contribution is 2.38. The van der Waals surface area contributed by atoms with Crippen LogP contribution in [0.2, 0.25) is 5.02 Å². The predicted octanol–water partition coefficient (Wildman–Crippen LogP) is 5.83. The van der Waals surface area contributed by atoms with Crippen molar-refractivity contribution in [3.05, 3.63) is 99.8 Å². The highest BCUT2D eigenvalue weighted by atomic mass is 35.5. The summed E-state index contributed by atoms with van der Waals surface area (Å²) in [4.78, 5) is 7.06. The number of nitrogens with zero attached hydrogens (tertiary/aromatic N) is 2. The lowest BCUT2D eigenvalue weighted by molar-refractivity contribution is 0.0785. The molecule has 6 heteroatoms. The van der Waals surface area contributed by atoms with E-state index >= 15 is 0 Å². The van der Waals surface area contributed by atoms with Crippen LogP contribution in [0.4, 0.5) is 0 Å². The summed E-state index contributed by atoms with van der Waals surface area (Å²) in [5.41, 5.74) is 5.41. The lowest BCUT2D eigenvalue weighted by atomic mass is 9.90. The summed E-state index contributed by atoms with van der Waals surface area (Å²) >= 11 is 5.98. The van der Waals surface area contributed by atoms with Crippen molar-refractivity contribution in [3.63, 3.8) is 0 Å². The Bertz CT molecular complexity index is 1200. The number of pyridine rings is 1. The topological polar surface area (TPSA) is 57.6 Å². The van der Waals surface area contributed by atoms with E-state index in [0.29, 0.717) is 6.61 Å². The number of rotatable bonds is 11. The number of hydrogen-bond acceptors (Lipinski definition) is 5. The molecule has 0 saturated carbocycles. The molecule has 0 saturated heterocycles. The zero-order valence-electron chi connectivity index (χ0n) is 22.1. The number of ether oxygens (including phenoxy) is 1. The van der Waals surface area contributed by atoms with E-state index < -0.39 is 5.60 Å². The first-order chi connectivity index (χ1) is 17.8. The Kier molecular flexibility index (Phi) is 9.38. The van der Waals surface area contributed by atoms with Crippen LogP contribution in [-0.4, -0.2) is 47.7 Å². The van der Waals surface area contributed by atoms with Crippen LogP contribution in [0, 0.1) is 0 Å². The van der Waals surface area contributed by atoms with Crippen LogP contribution < -0.4 is 10.1 Å². The molecule has 0 spiro atoms. The van der Waals surface area contributed by atoms with Gasteiger partial charge in [0.1, 0.15) is 12.4 Å². The molecule has 0 atom stereocenters. The maximum atomic E-state index is 10.6. The highest BCUT2D eigenvalue weighted by Gasteiger charge is 2.23. The summed E-state index contributed by atoms with van der Waals surface area (Å²) in [6.07, 6.45) is 6.03. The van der Waals surface area contributed by atoms with Crippen molar-refractivity contribution in [2.24, 2.45) is 0 Å². The van der Waals surface area contributed by atoms with Crippen LogP contribution in [0.1, 0.15) is 55.1 Å². The van der Waals surface area contributed by atoms with Gasteiger partial charge in [-0.1, -0.05) is 48.9 Å². The van der Waals surface area contributed by atoms with Crippen LogP contribution in [-0.2, 0) is 18.6 Å². The van der Waals surface area contributed by atoms with E-state index in [2.05, 4.69) is 52.5 Å². The molecule has 0 aliphatic carbocycles. The Morgan fingerprint density at radius 3 is 2.65 bits per heavy atom. The van der Waals surface area contributed by atoms with Gasteiger partial charge in [0.25, 0.3) is 0 Å². The van der Waals surface area contributed by atoms with E-state index in [9.17, 15) is 5.11 Å². The van der Waals surface area contributed by atoms with Gasteiger partial charge in [-0.3, -0.25) is 4.98 Å². The molecule has 0 unspecified atom stereocenters. The Hall–Kier alpha value is -2.70.